The molecule has 3 aromatic rings. The number of aryl methyl sites for hydroxylation is 1. The van der Waals surface area contributed by atoms with Gasteiger partial charge in [-0.15, -0.1) is 0 Å². The van der Waals surface area contributed by atoms with Crippen molar-refractivity contribution in [1.29, 1.82) is 0 Å². The number of Topliss-reactive ketones (excluding diaryl/α,β-unsaturated/α-hetero) is 1. The molecule has 1 heterocycles. The van der Waals surface area contributed by atoms with Crippen LogP contribution in [0.4, 0.5) is 11.4 Å². The maximum Gasteiger partial charge on any atom is 0.294 e. The van der Waals surface area contributed by atoms with Gasteiger partial charge in [-0.05, 0) is 60.9 Å². The molecule has 0 spiro atoms. The molecule has 0 aromatic heterocycles. The molecule has 1 atom stereocenters. The van der Waals surface area contributed by atoms with Crippen LogP contribution >= 0.6 is 0 Å². The minimum Gasteiger partial charge on any atom is -0.503 e. The van der Waals surface area contributed by atoms with Gasteiger partial charge in [0.25, 0.3) is 5.91 Å². The second-order valence-electron chi connectivity index (χ2n) is 8.67. The van der Waals surface area contributed by atoms with Gasteiger partial charge in [0, 0.05) is 31.9 Å². The molecule has 1 aliphatic heterocycles. The molecular formula is C29H30N2O4. The van der Waals surface area contributed by atoms with Gasteiger partial charge in [-0.3, -0.25) is 14.5 Å². The Morgan fingerprint density at radius 3 is 2.37 bits per heavy atom. The van der Waals surface area contributed by atoms with E-state index < -0.39 is 17.7 Å². The maximum atomic E-state index is 13.5. The zero-order chi connectivity index (χ0) is 24.9. The fourth-order valence-electron chi connectivity index (χ4n) is 4.36. The van der Waals surface area contributed by atoms with E-state index in [0.717, 1.165) is 11.3 Å². The fourth-order valence-corrected chi connectivity index (χ4v) is 4.36. The predicted molar refractivity (Wildman–Crippen MR) is 138 cm³/mol. The summed E-state index contributed by atoms with van der Waals surface area (Å²) in [4.78, 5) is 30.2. The minimum atomic E-state index is -0.753. The molecule has 180 valence electrons. The normalized spacial score (nSPS) is 15.5. The molecule has 0 saturated heterocycles. The van der Waals surface area contributed by atoms with Crippen LogP contribution in [0.3, 0.4) is 0 Å². The van der Waals surface area contributed by atoms with E-state index in [1.165, 1.54) is 4.90 Å². The number of hydrogen-bond donors (Lipinski definition) is 1. The summed E-state index contributed by atoms with van der Waals surface area (Å²) in [6.07, 6.45) is 0.708. The number of ketones is 1. The molecule has 0 fully saturated rings. The highest BCUT2D eigenvalue weighted by molar-refractivity contribution is 6.16. The van der Waals surface area contributed by atoms with Crippen LogP contribution in [0.5, 0.6) is 5.75 Å². The molecule has 1 unspecified atom stereocenters. The quantitative estimate of drug-likeness (QED) is 0.462. The Balaban J connectivity index is 1.73. The van der Waals surface area contributed by atoms with Crippen molar-refractivity contribution in [3.63, 3.8) is 0 Å². The molecule has 0 saturated carbocycles. The summed E-state index contributed by atoms with van der Waals surface area (Å²) in [5.74, 6) is -0.689. The van der Waals surface area contributed by atoms with Gasteiger partial charge in [-0.25, -0.2) is 0 Å². The van der Waals surface area contributed by atoms with Gasteiger partial charge in [0.05, 0.1) is 18.2 Å². The van der Waals surface area contributed by atoms with Crippen LogP contribution in [0.1, 0.15) is 30.5 Å². The highest BCUT2D eigenvalue weighted by Crippen LogP contribution is 2.42. The Hall–Kier alpha value is -4.06. The van der Waals surface area contributed by atoms with E-state index in [2.05, 4.69) is 0 Å². The van der Waals surface area contributed by atoms with Crippen molar-refractivity contribution in [3.8, 4) is 5.75 Å². The summed E-state index contributed by atoms with van der Waals surface area (Å²) in [5, 5.41) is 10.9. The first-order valence-corrected chi connectivity index (χ1v) is 11.7. The average Bonchev–Trinajstić information content (AvgIpc) is 3.14. The Labute approximate surface area is 206 Å². The van der Waals surface area contributed by atoms with E-state index in [-0.39, 0.29) is 17.8 Å². The number of amides is 1. The number of benzene rings is 3. The monoisotopic (exact) mass is 470 g/mol. The van der Waals surface area contributed by atoms with E-state index >= 15 is 0 Å². The number of hydrogen-bond acceptors (Lipinski definition) is 5. The number of ether oxygens (including phenoxy) is 1. The second-order valence-corrected chi connectivity index (χ2v) is 8.67. The first-order valence-electron chi connectivity index (χ1n) is 11.7. The predicted octanol–water partition coefficient (Wildman–Crippen LogP) is 5.25. The third-order valence-electron chi connectivity index (χ3n) is 6.12. The molecular weight excluding hydrogens is 440 g/mol. The lowest BCUT2D eigenvalue weighted by Crippen LogP contribution is -2.31. The second kappa shape index (κ2) is 10.5. The van der Waals surface area contributed by atoms with Crippen LogP contribution in [0.25, 0.3) is 0 Å². The van der Waals surface area contributed by atoms with E-state index in [0.29, 0.717) is 30.0 Å². The third-order valence-corrected chi connectivity index (χ3v) is 6.12. The van der Waals surface area contributed by atoms with Gasteiger partial charge < -0.3 is 14.7 Å². The van der Waals surface area contributed by atoms with E-state index in [1.807, 2.05) is 105 Å². The molecule has 0 radical (unpaired) electrons. The standard InChI is InChI=1S/C29H30N2O4/c1-4-35-24-12-8-11-21(19-24)27-26(25(32)18-13-20-9-6-5-7-10-20)28(33)29(34)31(27)23-16-14-22(15-17-23)30(2)3/h5-12,14-17,19,27,33H,4,13,18H2,1-3H3. The number of carbonyl (C=O) groups excluding carboxylic acids is 2. The number of carbonyl (C=O) groups is 2. The summed E-state index contributed by atoms with van der Waals surface area (Å²) in [6.45, 7) is 2.39. The largest absolute Gasteiger partial charge is 0.503 e. The van der Waals surface area contributed by atoms with Crippen molar-refractivity contribution in [3.05, 3.63) is 101 Å². The zero-order valence-corrected chi connectivity index (χ0v) is 20.3. The molecule has 6 heteroatoms. The molecule has 35 heavy (non-hydrogen) atoms. The Morgan fingerprint density at radius 1 is 1.00 bits per heavy atom. The average molecular weight is 471 g/mol. The highest BCUT2D eigenvalue weighted by Gasteiger charge is 2.44. The first-order chi connectivity index (χ1) is 16.9. The van der Waals surface area contributed by atoms with Crippen molar-refractivity contribution in [2.75, 3.05) is 30.5 Å². The van der Waals surface area contributed by atoms with Crippen molar-refractivity contribution in [1.82, 2.24) is 0 Å². The van der Waals surface area contributed by atoms with Crippen molar-refractivity contribution in [2.45, 2.75) is 25.8 Å². The van der Waals surface area contributed by atoms with E-state index in [1.54, 1.807) is 0 Å². The lowest BCUT2D eigenvalue weighted by molar-refractivity contribution is -0.118. The van der Waals surface area contributed by atoms with Crippen LogP contribution in [0, 0.1) is 0 Å². The first kappa shape index (κ1) is 24.1. The van der Waals surface area contributed by atoms with Gasteiger partial charge >= 0.3 is 0 Å². The fraction of sp³-hybridized carbons (Fsp3) is 0.241. The van der Waals surface area contributed by atoms with Crippen LogP contribution < -0.4 is 14.5 Å². The Kier molecular flexibility index (Phi) is 7.20. The molecule has 1 N–H and O–H groups in total. The number of anilines is 2. The van der Waals surface area contributed by atoms with Gasteiger partial charge in [0.15, 0.2) is 11.5 Å². The zero-order valence-electron chi connectivity index (χ0n) is 20.3. The lowest BCUT2D eigenvalue weighted by Gasteiger charge is -2.27. The van der Waals surface area contributed by atoms with Crippen LogP contribution in [0.15, 0.2) is 90.2 Å². The summed E-state index contributed by atoms with van der Waals surface area (Å²) in [5.41, 5.74) is 3.43. The highest BCUT2D eigenvalue weighted by atomic mass is 16.5. The Bertz CT molecular complexity index is 1230. The Morgan fingerprint density at radius 2 is 1.71 bits per heavy atom. The van der Waals surface area contributed by atoms with Crippen molar-refractivity contribution >= 4 is 23.1 Å². The maximum absolute atomic E-state index is 13.5. The number of aliphatic hydroxyl groups excluding tert-OH is 1. The molecule has 3 aromatic carbocycles. The van der Waals surface area contributed by atoms with Crippen LogP contribution in [-0.4, -0.2) is 37.5 Å². The van der Waals surface area contributed by atoms with Gasteiger partial charge in [-0.2, -0.15) is 0 Å². The van der Waals surface area contributed by atoms with E-state index in [9.17, 15) is 14.7 Å². The molecule has 4 rings (SSSR count). The number of aliphatic hydroxyl groups is 1. The van der Waals surface area contributed by atoms with Crippen molar-refractivity contribution in [2.24, 2.45) is 0 Å². The SMILES string of the molecule is CCOc1cccc(C2C(C(=O)CCc3ccccc3)=C(O)C(=O)N2c2ccc(N(C)C)cc2)c1. The smallest absolute Gasteiger partial charge is 0.294 e. The number of nitrogens with zero attached hydrogens (tertiary/aromatic N) is 2. The van der Waals surface area contributed by atoms with Crippen molar-refractivity contribution < 1.29 is 19.4 Å². The third kappa shape index (κ3) is 5.06. The lowest BCUT2D eigenvalue weighted by atomic mass is 9.93. The van der Waals surface area contributed by atoms with E-state index in [4.69, 9.17) is 4.74 Å². The van der Waals surface area contributed by atoms with Crippen LogP contribution in [0.2, 0.25) is 0 Å². The van der Waals surface area contributed by atoms with Gasteiger partial charge in [-0.1, -0.05) is 42.5 Å². The molecule has 1 amide bonds. The molecule has 1 aliphatic rings. The van der Waals surface area contributed by atoms with Gasteiger partial charge in [0.1, 0.15) is 5.75 Å². The number of rotatable bonds is 9. The molecule has 0 aliphatic carbocycles. The summed E-state index contributed by atoms with van der Waals surface area (Å²) < 4.78 is 5.67. The van der Waals surface area contributed by atoms with Gasteiger partial charge in [0.2, 0.25) is 0 Å². The summed E-state index contributed by atoms with van der Waals surface area (Å²) in [6, 6.07) is 23.8. The summed E-state index contributed by atoms with van der Waals surface area (Å²) >= 11 is 0. The molecule has 6 nitrogen and oxygen atoms in total. The molecule has 0 bridgehead atoms. The van der Waals surface area contributed by atoms with Crippen LogP contribution in [-0.2, 0) is 16.0 Å². The topological polar surface area (TPSA) is 70.1 Å². The minimum absolute atomic E-state index is 0.122. The summed E-state index contributed by atoms with van der Waals surface area (Å²) in [7, 11) is 3.88.